The SMILES string of the molecule is CCC1CC(Nc2ccc(Cl)cc2C(F)(F)F)CCO1. The van der Waals surface area contributed by atoms with Gasteiger partial charge in [0, 0.05) is 23.4 Å². The van der Waals surface area contributed by atoms with Crippen LogP contribution in [0.25, 0.3) is 0 Å². The fraction of sp³-hybridized carbons (Fsp3) is 0.571. The number of hydrogen-bond donors (Lipinski definition) is 1. The summed E-state index contributed by atoms with van der Waals surface area (Å²) in [6.07, 6.45) is -2.01. The topological polar surface area (TPSA) is 21.3 Å². The molecule has 1 aromatic rings. The molecule has 0 saturated carbocycles. The predicted molar refractivity (Wildman–Crippen MR) is 73.1 cm³/mol. The summed E-state index contributed by atoms with van der Waals surface area (Å²) in [5.41, 5.74) is -0.631. The number of rotatable bonds is 3. The number of ether oxygens (including phenoxy) is 1. The Hall–Kier alpha value is -0.940. The number of benzene rings is 1. The molecule has 1 aromatic carbocycles. The summed E-state index contributed by atoms with van der Waals surface area (Å²) in [4.78, 5) is 0. The predicted octanol–water partition coefficient (Wildman–Crippen LogP) is 4.73. The van der Waals surface area contributed by atoms with Gasteiger partial charge in [-0.25, -0.2) is 0 Å². The molecule has 1 heterocycles. The van der Waals surface area contributed by atoms with Gasteiger partial charge in [-0.15, -0.1) is 0 Å². The summed E-state index contributed by atoms with van der Waals surface area (Å²) in [6.45, 7) is 2.58. The molecule has 1 fully saturated rings. The Morgan fingerprint density at radius 1 is 1.40 bits per heavy atom. The van der Waals surface area contributed by atoms with Crippen molar-refractivity contribution in [2.45, 2.75) is 44.5 Å². The number of alkyl halides is 3. The Labute approximate surface area is 121 Å². The van der Waals surface area contributed by atoms with Gasteiger partial charge in [-0.1, -0.05) is 18.5 Å². The highest BCUT2D eigenvalue weighted by Crippen LogP contribution is 2.37. The van der Waals surface area contributed by atoms with E-state index in [-0.39, 0.29) is 22.9 Å². The molecule has 1 saturated heterocycles. The minimum absolute atomic E-state index is 0.00373. The van der Waals surface area contributed by atoms with Gasteiger partial charge in [0.25, 0.3) is 0 Å². The first-order valence-electron chi connectivity index (χ1n) is 6.65. The van der Waals surface area contributed by atoms with Crippen molar-refractivity contribution in [3.8, 4) is 0 Å². The lowest BCUT2D eigenvalue weighted by Crippen LogP contribution is -2.34. The first-order valence-corrected chi connectivity index (χ1v) is 7.03. The molecule has 2 nitrogen and oxygen atoms in total. The zero-order valence-corrected chi connectivity index (χ0v) is 11.9. The van der Waals surface area contributed by atoms with Gasteiger partial charge in [0.1, 0.15) is 0 Å². The summed E-state index contributed by atoms with van der Waals surface area (Å²) < 4.78 is 44.5. The Balaban J connectivity index is 2.16. The van der Waals surface area contributed by atoms with Crippen LogP contribution < -0.4 is 5.32 Å². The molecule has 1 aliphatic heterocycles. The summed E-state index contributed by atoms with van der Waals surface area (Å²) in [6, 6.07) is 3.81. The summed E-state index contributed by atoms with van der Waals surface area (Å²) >= 11 is 5.66. The summed E-state index contributed by atoms with van der Waals surface area (Å²) in [7, 11) is 0. The van der Waals surface area contributed by atoms with E-state index in [4.69, 9.17) is 16.3 Å². The molecule has 0 amide bonds. The first-order chi connectivity index (χ1) is 9.40. The average Bonchev–Trinajstić information content (AvgIpc) is 2.40. The molecule has 20 heavy (non-hydrogen) atoms. The molecule has 6 heteroatoms. The van der Waals surface area contributed by atoms with Gasteiger partial charge < -0.3 is 10.1 Å². The highest BCUT2D eigenvalue weighted by molar-refractivity contribution is 6.30. The maximum atomic E-state index is 13.0. The van der Waals surface area contributed by atoms with Gasteiger partial charge in [0.2, 0.25) is 0 Å². The van der Waals surface area contributed by atoms with E-state index in [1.165, 1.54) is 12.1 Å². The van der Waals surface area contributed by atoms with E-state index >= 15 is 0 Å². The van der Waals surface area contributed by atoms with Gasteiger partial charge in [0.15, 0.2) is 0 Å². The molecule has 0 spiro atoms. The van der Waals surface area contributed by atoms with Gasteiger partial charge in [-0.05, 0) is 37.5 Å². The van der Waals surface area contributed by atoms with Crippen LogP contribution >= 0.6 is 11.6 Å². The maximum absolute atomic E-state index is 13.0. The van der Waals surface area contributed by atoms with Crippen molar-refractivity contribution >= 4 is 17.3 Å². The van der Waals surface area contributed by atoms with Crippen LogP contribution in [0.15, 0.2) is 18.2 Å². The highest BCUT2D eigenvalue weighted by atomic mass is 35.5. The molecule has 0 radical (unpaired) electrons. The standard InChI is InChI=1S/C14H17ClF3NO/c1-2-11-8-10(5-6-20-11)19-13-4-3-9(15)7-12(13)14(16,17)18/h3-4,7,10-11,19H,2,5-6,8H2,1H3. The second kappa shape index (κ2) is 6.22. The van der Waals surface area contributed by atoms with Crippen LogP contribution in [0.2, 0.25) is 5.02 Å². The molecule has 2 rings (SSSR count). The van der Waals surface area contributed by atoms with E-state index in [1.807, 2.05) is 6.92 Å². The van der Waals surface area contributed by atoms with Gasteiger partial charge >= 0.3 is 6.18 Å². The third-order valence-electron chi connectivity index (χ3n) is 3.47. The third kappa shape index (κ3) is 3.79. The molecule has 0 aromatic heterocycles. The fourth-order valence-electron chi connectivity index (χ4n) is 2.39. The molecule has 2 unspecified atom stereocenters. The van der Waals surface area contributed by atoms with E-state index in [0.717, 1.165) is 18.9 Å². The van der Waals surface area contributed by atoms with Crippen LogP contribution in [0, 0.1) is 0 Å². The van der Waals surface area contributed by atoms with E-state index in [1.54, 1.807) is 0 Å². The number of anilines is 1. The van der Waals surface area contributed by atoms with Crippen molar-refractivity contribution < 1.29 is 17.9 Å². The largest absolute Gasteiger partial charge is 0.418 e. The van der Waals surface area contributed by atoms with Crippen molar-refractivity contribution in [3.05, 3.63) is 28.8 Å². The van der Waals surface area contributed by atoms with E-state index in [0.29, 0.717) is 13.0 Å². The van der Waals surface area contributed by atoms with Crippen molar-refractivity contribution in [1.29, 1.82) is 0 Å². The Bertz CT molecular complexity index is 464. The zero-order chi connectivity index (χ0) is 14.8. The molecule has 0 bridgehead atoms. The van der Waals surface area contributed by atoms with E-state index in [2.05, 4.69) is 5.32 Å². The second-order valence-corrected chi connectivity index (χ2v) is 5.39. The minimum atomic E-state index is -4.41. The molecule has 1 N–H and O–H groups in total. The van der Waals surface area contributed by atoms with Crippen LogP contribution in [0.1, 0.15) is 31.7 Å². The Morgan fingerprint density at radius 2 is 2.15 bits per heavy atom. The van der Waals surface area contributed by atoms with Crippen molar-refractivity contribution in [1.82, 2.24) is 0 Å². The highest BCUT2D eigenvalue weighted by Gasteiger charge is 2.34. The van der Waals surface area contributed by atoms with Crippen LogP contribution in [0.5, 0.6) is 0 Å². The van der Waals surface area contributed by atoms with Crippen LogP contribution in [0.4, 0.5) is 18.9 Å². The Morgan fingerprint density at radius 3 is 2.80 bits per heavy atom. The molecular formula is C14H17ClF3NO. The lowest BCUT2D eigenvalue weighted by atomic mass is 10.0. The number of nitrogens with one attached hydrogen (secondary N) is 1. The maximum Gasteiger partial charge on any atom is 0.418 e. The van der Waals surface area contributed by atoms with Crippen LogP contribution in [-0.4, -0.2) is 18.8 Å². The van der Waals surface area contributed by atoms with Crippen molar-refractivity contribution in [2.24, 2.45) is 0 Å². The average molecular weight is 308 g/mol. The quantitative estimate of drug-likeness (QED) is 0.871. The van der Waals surface area contributed by atoms with Gasteiger partial charge in [0.05, 0.1) is 11.7 Å². The first kappa shape index (κ1) is 15.4. The smallest absolute Gasteiger partial charge is 0.382 e. The minimum Gasteiger partial charge on any atom is -0.382 e. The number of halogens is 4. The zero-order valence-electron chi connectivity index (χ0n) is 11.1. The number of hydrogen-bond acceptors (Lipinski definition) is 2. The summed E-state index contributed by atoms with van der Waals surface area (Å²) in [5.74, 6) is 0. The van der Waals surface area contributed by atoms with Crippen molar-refractivity contribution in [3.63, 3.8) is 0 Å². The molecule has 112 valence electrons. The molecular weight excluding hydrogens is 291 g/mol. The van der Waals surface area contributed by atoms with Crippen LogP contribution in [-0.2, 0) is 10.9 Å². The Kier molecular flexibility index (Phi) is 4.81. The van der Waals surface area contributed by atoms with Crippen molar-refractivity contribution in [2.75, 3.05) is 11.9 Å². The second-order valence-electron chi connectivity index (χ2n) is 4.95. The molecule has 1 aliphatic rings. The normalized spacial score (nSPS) is 23.6. The molecule has 2 atom stereocenters. The monoisotopic (exact) mass is 307 g/mol. The third-order valence-corrected chi connectivity index (χ3v) is 3.70. The lowest BCUT2D eigenvalue weighted by molar-refractivity contribution is -0.137. The van der Waals surface area contributed by atoms with E-state index in [9.17, 15) is 13.2 Å². The molecule has 0 aliphatic carbocycles. The van der Waals surface area contributed by atoms with Gasteiger partial charge in [-0.3, -0.25) is 0 Å². The lowest BCUT2D eigenvalue weighted by Gasteiger charge is -2.31. The summed E-state index contributed by atoms with van der Waals surface area (Å²) in [5, 5.41) is 3.07. The van der Waals surface area contributed by atoms with Gasteiger partial charge in [-0.2, -0.15) is 13.2 Å². The van der Waals surface area contributed by atoms with Crippen LogP contribution in [0.3, 0.4) is 0 Å². The fourth-order valence-corrected chi connectivity index (χ4v) is 2.56. The van der Waals surface area contributed by atoms with E-state index < -0.39 is 11.7 Å².